The van der Waals surface area contributed by atoms with Gasteiger partial charge in [-0.1, -0.05) is 22.0 Å². The van der Waals surface area contributed by atoms with Gasteiger partial charge < -0.3 is 9.30 Å². The summed E-state index contributed by atoms with van der Waals surface area (Å²) >= 11 is 4.31. The lowest BCUT2D eigenvalue weighted by molar-refractivity contribution is -0.148. The van der Waals surface area contributed by atoms with Crippen molar-refractivity contribution in [2.45, 2.75) is 26.8 Å². The van der Waals surface area contributed by atoms with E-state index >= 15 is 0 Å². The van der Waals surface area contributed by atoms with E-state index in [1.54, 1.807) is 6.08 Å². The number of carbonyl (C=O) groups is 3. The van der Waals surface area contributed by atoms with Gasteiger partial charge in [0.05, 0.1) is 12.0 Å². The molecule has 0 spiro atoms. The van der Waals surface area contributed by atoms with E-state index in [0.717, 1.165) is 43.8 Å². The number of aromatic nitrogens is 1. The van der Waals surface area contributed by atoms with Crippen LogP contribution in [-0.4, -0.2) is 39.7 Å². The molecule has 2 heterocycles. The van der Waals surface area contributed by atoms with Gasteiger partial charge >= 0.3 is 5.97 Å². The van der Waals surface area contributed by atoms with Crippen molar-refractivity contribution in [1.29, 1.82) is 0 Å². The Morgan fingerprint density at radius 1 is 1.25 bits per heavy atom. The van der Waals surface area contributed by atoms with Crippen LogP contribution in [0.1, 0.15) is 23.9 Å². The molecule has 1 aliphatic rings. The zero-order valence-electron chi connectivity index (χ0n) is 15.9. The molecular weight excluding hydrogens is 444 g/mol. The number of rotatable bonds is 4. The van der Waals surface area contributed by atoms with Crippen molar-refractivity contribution < 1.29 is 19.1 Å². The second-order valence-corrected chi connectivity index (χ2v) is 8.30. The number of hydrogen-bond donors (Lipinski definition) is 0. The zero-order valence-corrected chi connectivity index (χ0v) is 18.3. The Morgan fingerprint density at radius 3 is 2.61 bits per heavy atom. The largest absolute Gasteiger partial charge is 0.467 e. The summed E-state index contributed by atoms with van der Waals surface area (Å²) in [6.45, 7) is 5.42. The number of thioether (sulfide) groups is 1. The summed E-state index contributed by atoms with van der Waals surface area (Å²) in [7, 11) is 1.23. The Labute approximate surface area is 175 Å². The molecule has 0 bridgehead atoms. The highest BCUT2D eigenvalue weighted by Crippen LogP contribution is 2.35. The molecule has 1 saturated heterocycles. The third-order valence-electron chi connectivity index (χ3n) is 4.58. The first kappa shape index (κ1) is 20.4. The quantitative estimate of drug-likeness (QED) is 0.495. The second-order valence-electron chi connectivity index (χ2n) is 6.39. The maximum atomic E-state index is 12.7. The predicted octanol–water partition coefficient (Wildman–Crippen LogP) is 4.45. The fourth-order valence-corrected chi connectivity index (χ4v) is 4.46. The van der Waals surface area contributed by atoms with Gasteiger partial charge in [0.2, 0.25) is 0 Å². The number of methoxy groups -OCH3 is 1. The average Bonchev–Trinajstić information content (AvgIpc) is 3.09. The Morgan fingerprint density at radius 2 is 1.96 bits per heavy atom. The topological polar surface area (TPSA) is 68.6 Å². The summed E-state index contributed by atoms with van der Waals surface area (Å²) in [5.74, 6) is -1.11. The molecule has 1 atom stereocenters. The van der Waals surface area contributed by atoms with Crippen LogP contribution in [0.2, 0.25) is 0 Å². The molecule has 0 aliphatic carbocycles. The van der Waals surface area contributed by atoms with E-state index < -0.39 is 23.2 Å². The van der Waals surface area contributed by atoms with E-state index in [2.05, 4.69) is 25.2 Å². The number of imide groups is 1. The molecule has 1 aromatic heterocycles. The van der Waals surface area contributed by atoms with Crippen molar-refractivity contribution in [3.05, 3.63) is 56.7 Å². The van der Waals surface area contributed by atoms with E-state index in [1.807, 2.05) is 44.2 Å². The van der Waals surface area contributed by atoms with Crippen LogP contribution >= 0.6 is 27.7 Å². The molecule has 0 radical (unpaired) electrons. The van der Waals surface area contributed by atoms with Gasteiger partial charge in [-0.3, -0.25) is 14.5 Å². The molecule has 6 nitrogen and oxygen atoms in total. The Hall–Kier alpha value is -2.32. The van der Waals surface area contributed by atoms with Gasteiger partial charge in [-0.15, -0.1) is 0 Å². The smallest absolute Gasteiger partial charge is 0.328 e. The number of esters is 1. The van der Waals surface area contributed by atoms with Crippen molar-refractivity contribution in [2.24, 2.45) is 0 Å². The fraction of sp³-hybridized carbons (Fsp3) is 0.250. The van der Waals surface area contributed by atoms with Crippen molar-refractivity contribution >= 4 is 50.9 Å². The van der Waals surface area contributed by atoms with Crippen molar-refractivity contribution in [3.63, 3.8) is 0 Å². The van der Waals surface area contributed by atoms with Crippen molar-refractivity contribution in [1.82, 2.24) is 9.47 Å². The fourth-order valence-electron chi connectivity index (χ4n) is 3.18. The number of hydrogen-bond acceptors (Lipinski definition) is 5. The normalized spacial score (nSPS) is 16.8. The minimum Gasteiger partial charge on any atom is -0.467 e. The van der Waals surface area contributed by atoms with Gasteiger partial charge in [-0.05, 0) is 68.4 Å². The molecule has 1 aromatic carbocycles. The Balaban J connectivity index is 1.97. The third-order valence-corrected chi connectivity index (χ3v) is 5.95. The lowest BCUT2D eigenvalue weighted by atomic mass is 10.2. The van der Waals surface area contributed by atoms with Crippen LogP contribution in [0, 0.1) is 13.8 Å². The summed E-state index contributed by atoms with van der Waals surface area (Å²) in [4.78, 5) is 37.9. The summed E-state index contributed by atoms with van der Waals surface area (Å²) in [5.41, 5.74) is 3.79. The molecule has 0 saturated carbocycles. The Bertz CT molecular complexity index is 1010. The first-order chi connectivity index (χ1) is 13.2. The van der Waals surface area contributed by atoms with Crippen LogP contribution in [0.5, 0.6) is 0 Å². The van der Waals surface area contributed by atoms with Gasteiger partial charge in [0.25, 0.3) is 11.1 Å². The summed E-state index contributed by atoms with van der Waals surface area (Å²) in [6.07, 6.45) is 1.70. The number of ether oxygens (including phenoxy) is 1. The van der Waals surface area contributed by atoms with Crippen LogP contribution in [0.3, 0.4) is 0 Å². The number of halogens is 1. The monoisotopic (exact) mass is 462 g/mol. The summed E-state index contributed by atoms with van der Waals surface area (Å²) in [5, 5.41) is -0.477. The van der Waals surface area contributed by atoms with E-state index in [1.165, 1.54) is 14.0 Å². The number of amides is 2. The highest BCUT2D eigenvalue weighted by Gasteiger charge is 2.41. The summed E-state index contributed by atoms with van der Waals surface area (Å²) in [6, 6.07) is 8.93. The molecule has 1 fully saturated rings. The molecule has 2 amide bonds. The molecule has 3 rings (SSSR count). The van der Waals surface area contributed by atoms with Gasteiger partial charge in [-0.2, -0.15) is 0 Å². The van der Waals surface area contributed by atoms with Crippen molar-refractivity contribution in [2.75, 3.05) is 7.11 Å². The lowest BCUT2D eigenvalue weighted by Crippen LogP contribution is -2.42. The lowest BCUT2D eigenvalue weighted by Gasteiger charge is -2.18. The van der Waals surface area contributed by atoms with E-state index in [9.17, 15) is 14.4 Å². The van der Waals surface area contributed by atoms with E-state index in [-0.39, 0.29) is 4.91 Å². The van der Waals surface area contributed by atoms with Crippen LogP contribution in [0.25, 0.3) is 11.8 Å². The van der Waals surface area contributed by atoms with E-state index in [4.69, 9.17) is 0 Å². The van der Waals surface area contributed by atoms with Crippen LogP contribution in [-0.2, 0) is 14.3 Å². The standard InChI is InChI=1S/C20H19BrN2O4S/c1-11-8-14(12(2)22(11)16-7-5-6-15(21)10-16)9-17-18(24)23(20(26)28-17)13(3)19(25)27-4/h5-10,13H,1-4H3/b17-9+/t13-/m0/s1. The van der Waals surface area contributed by atoms with Gasteiger partial charge in [-0.25, -0.2) is 4.79 Å². The molecule has 1 aliphatic heterocycles. The van der Waals surface area contributed by atoms with Crippen LogP contribution in [0.4, 0.5) is 4.79 Å². The molecule has 2 aromatic rings. The van der Waals surface area contributed by atoms with Gasteiger partial charge in [0.1, 0.15) is 6.04 Å². The Kier molecular flexibility index (Phi) is 5.81. The zero-order chi connectivity index (χ0) is 20.6. The summed E-state index contributed by atoms with van der Waals surface area (Å²) < 4.78 is 7.70. The number of benzene rings is 1. The number of carbonyl (C=O) groups excluding carboxylic acids is 3. The highest BCUT2D eigenvalue weighted by molar-refractivity contribution is 9.10. The van der Waals surface area contributed by atoms with E-state index in [0.29, 0.717) is 0 Å². The molecule has 0 N–H and O–H groups in total. The second kappa shape index (κ2) is 7.97. The minimum absolute atomic E-state index is 0.287. The number of aryl methyl sites for hydroxylation is 1. The highest BCUT2D eigenvalue weighted by atomic mass is 79.9. The molecule has 28 heavy (non-hydrogen) atoms. The minimum atomic E-state index is -0.961. The SMILES string of the molecule is COC(=O)[C@H](C)N1C(=O)S/C(=C/c2cc(C)n(-c3cccc(Br)c3)c2C)C1=O. The molecule has 8 heteroatoms. The third kappa shape index (κ3) is 3.66. The maximum absolute atomic E-state index is 12.7. The number of nitrogens with zero attached hydrogens (tertiary/aromatic N) is 2. The first-order valence-corrected chi connectivity index (χ1v) is 10.1. The maximum Gasteiger partial charge on any atom is 0.328 e. The van der Waals surface area contributed by atoms with Gasteiger partial charge in [0.15, 0.2) is 0 Å². The molecular formula is C20H19BrN2O4S. The van der Waals surface area contributed by atoms with Crippen LogP contribution < -0.4 is 0 Å². The van der Waals surface area contributed by atoms with Crippen molar-refractivity contribution in [3.8, 4) is 5.69 Å². The van der Waals surface area contributed by atoms with Crippen LogP contribution in [0.15, 0.2) is 39.7 Å². The predicted molar refractivity (Wildman–Crippen MR) is 112 cm³/mol. The molecule has 146 valence electrons. The molecule has 0 unspecified atom stereocenters. The average molecular weight is 463 g/mol. The van der Waals surface area contributed by atoms with Gasteiger partial charge in [0, 0.05) is 21.5 Å². The first-order valence-electron chi connectivity index (χ1n) is 8.54.